The van der Waals surface area contributed by atoms with E-state index in [1.54, 1.807) is 19.1 Å². The highest BCUT2D eigenvalue weighted by Gasteiger charge is 2.11. The molecular formula is C12H14ClNO3. The van der Waals surface area contributed by atoms with E-state index >= 15 is 0 Å². The van der Waals surface area contributed by atoms with Crippen molar-refractivity contribution in [2.45, 2.75) is 20.3 Å². The lowest BCUT2D eigenvalue weighted by molar-refractivity contribution is -0.145. The van der Waals surface area contributed by atoms with E-state index < -0.39 is 11.9 Å². The Hall–Kier alpha value is -1.55. The molecule has 1 N–H and O–H groups in total. The van der Waals surface area contributed by atoms with Crippen LogP contribution in [0.1, 0.15) is 18.9 Å². The molecule has 5 heteroatoms. The van der Waals surface area contributed by atoms with Crippen molar-refractivity contribution in [1.29, 1.82) is 0 Å². The minimum Gasteiger partial charge on any atom is -0.466 e. The van der Waals surface area contributed by atoms with Gasteiger partial charge in [-0.2, -0.15) is 0 Å². The second kappa shape index (κ2) is 6.25. The molecule has 0 radical (unpaired) electrons. The summed E-state index contributed by atoms with van der Waals surface area (Å²) in [6.45, 7) is 3.84. The van der Waals surface area contributed by atoms with Crippen LogP contribution in [0.4, 0.5) is 5.69 Å². The molecule has 1 rings (SSSR count). The number of carbonyl (C=O) groups is 2. The van der Waals surface area contributed by atoms with Crippen LogP contribution in [0.5, 0.6) is 0 Å². The molecule has 0 atom stereocenters. The summed E-state index contributed by atoms with van der Waals surface area (Å²) in [7, 11) is 0. The fourth-order valence-corrected chi connectivity index (χ4v) is 1.44. The predicted octanol–water partition coefficient (Wildman–Crippen LogP) is 2.54. The van der Waals surface area contributed by atoms with Gasteiger partial charge in [0.1, 0.15) is 6.42 Å². The van der Waals surface area contributed by atoms with Gasteiger partial charge in [0.25, 0.3) is 0 Å². The lowest BCUT2D eigenvalue weighted by Gasteiger charge is -2.07. The van der Waals surface area contributed by atoms with Gasteiger partial charge in [0.05, 0.1) is 17.3 Å². The molecule has 1 amide bonds. The molecule has 0 aromatic heterocycles. The summed E-state index contributed by atoms with van der Waals surface area (Å²) in [4.78, 5) is 22.6. The van der Waals surface area contributed by atoms with Gasteiger partial charge in [0, 0.05) is 0 Å². The number of hydrogen-bond donors (Lipinski definition) is 1. The van der Waals surface area contributed by atoms with Crippen LogP contribution >= 0.6 is 11.6 Å². The minimum absolute atomic E-state index is 0.261. The number of amides is 1. The summed E-state index contributed by atoms with van der Waals surface area (Å²) in [5, 5.41) is 3.01. The first-order valence-corrected chi connectivity index (χ1v) is 5.62. The fraction of sp³-hybridized carbons (Fsp3) is 0.333. The van der Waals surface area contributed by atoms with Crippen molar-refractivity contribution in [3.63, 3.8) is 0 Å². The number of esters is 1. The van der Waals surface area contributed by atoms with Gasteiger partial charge in [-0.1, -0.05) is 17.7 Å². The molecule has 0 aliphatic heterocycles. The Morgan fingerprint density at radius 3 is 2.76 bits per heavy atom. The first-order valence-electron chi connectivity index (χ1n) is 5.24. The number of carbonyl (C=O) groups excluding carboxylic acids is 2. The molecule has 1 aromatic carbocycles. The lowest BCUT2D eigenvalue weighted by atomic mass is 10.2. The Kier molecular flexibility index (Phi) is 4.97. The van der Waals surface area contributed by atoms with E-state index in [2.05, 4.69) is 10.1 Å². The summed E-state index contributed by atoms with van der Waals surface area (Å²) in [6, 6.07) is 5.27. The summed E-state index contributed by atoms with van der Waals surface area (Å²) in [5.41, 5.74) is 1.47. The maximum absolute atomic E-state index is 11.5. The largest absolute Gasteiger partial charge is 0.466 e. The molecule has 4 nitrogen and oxygen atoms in total. The number of benzene rings is 1. The number of ether oxygens (including phenoxy) is 1. The second-order valence-electron chi connectivity index (χ2n) is 3.51. The van der Waals surface area contributed by atoms with Crippen molar-refractivity contribution >= 4 is 29.2 Å². The number of nitrogens with one attached hydrogen (secondary N) is 1. The maximum atomic E-state index is 11.5. The van der Waals surface area contributed by atoms with Crippen molar-refractivity contribution < 1.29 is 14.3 Å². The van der Waals surface area contributed by atoms with Gasteiger partial charge in [-0.25, -0.2) is 0 Å². The zero-order valence-corrected chi connectivity index (χ0v) is 10.5. The Balaban J connectivity index is 2.62. The predicted molar refractivity (Wildman–Crippen MR) is 66.1 cm³/mol. The Labute approximate surface area is 105 Å². The molecule has 0 saturated carbocycles. The van der Waals surface area contributed by atoms with E-state index in [1.165, 1.54) is 0 Å². The molecule has 0 fully saturated rings. The van der Waals surface area contributed by atoms with Gasteiger partial charge >= 0.3 is 5.97 Å². The number of halogens is 1. The summed E-state index contributed by atoms with van der Waals surface area (Å²) in [5.74, 6) is -0.982. The van der Waals surface area contributed by atoms with Crippen molar-refractivity contribution in [2.75, 3.05) is 11.9 Å². The van der Waals surface area contributed by atoms with E-state index in [0.717, 1.165) is 5.56 Å². The number of rotatable bonds is 4. The quantitative estimate of drug-likeness (QED) is 0.664. The van der Waals surface area contributed by atoms with E-state index in [9.17, 15) is 9.59 Å². The first-order chi connectivity index (χ1) is 8.02. The molecule has 0 saturated heterocycles. The van der Waals surface area contributed by atoms with Crippen molar-refractivity contribution in [2.24, 2.45) is 0 Å². The van der Waals surface area contributed by atoms with Crippen molar-refractivity contribution in [3.05, 3.63) is 28.8 Å². The second-order valence-corrected chi connectivity index (χ2v) is 3.92. The van der Waals surface area contributed by atoms with Crippen LogP contribution in [-0.2, 0) is 14.3 Å². The third-order valence-electron chi connectivity index (χ3n) is 2.01. The van der Waals surface area contributed by atoms with Crippen LogP contribution in [0, 0.1) is 6.92 Å². The standard InChI is InChI=1S/C12H14ClNO3/c1-3-17-12(16)7-11(15)14-10-6-8(2)4-5-9(10)13/h4-6H,3,7H2,1-2H3,(H,14,15). The van der Waals surface area contributed by atoms with E-state index in [4.69, 9.17) is 11.6 Å². The van der Waals surface area contributed by atoms with Crippen LogP contribution in [0.25, 0.3) is 0 Å². The molecule has 1 aromatic rings. The monoisotopic (exact) mass is 255 g/mol. The van der Waals surface area contributed by atoms with Gasteiger partial charge in [-0.3, -0.25) is 9.59 Å². The topological polar surface area (TPSA) is 55.4 Å². The molecule has 0 aliphatic rings. The highest BCUT2D eigenvalue weighted by molar-refractivity contribution is 6.33. The van der Waals surface area contributed by atoms with Crippen LogP contribution < -0.4 is 5.32 Å². The normalized spacial score (nSPS) is 9.82. The summed E-state index contributed by atoms with van der Waals surface area (Å²) < 4.78 is 4.67. The number of hydrogen-bond acceptors (Lipinski definition) is 3. The van der Waals surface area contributed by atoms with E-state index in [1.807, 2.05) is 13.0 Å². The van der Waals surface area contributed by atoms with Gasteiger partial charge in [-0.15, -0.1) is 0 Å². The van der Waals surface area contributed by atoms with Crippen LogP contribution in [-0.4, -0.2) is 18.5 Å². The summed E-state index contributed by atoms with van der Waals surface area (Å²) >= 11 is 5.91. The molecule has 0 heterocycles. The van der Waals surface area contributed by atoms with Gasteiger partial charge in [0.2, 0.25) is 5.91 Å². The molecule has 0 bridgehead atoms. The Morgan fingerprint density at radius 1 is 1.41 bits per heavy atom. The highest BCUT2D eigenvalue weighted by Crippen LogP contribution is 2.22. The SMILES string of the molecule is CCOC(=O)CC(=O)Nc1cc(C)ccc1Cl. The first kappa shape index (κ1) is 13.5. The maximum Gasteiger partial charge on any atom is 0.315 e. The molecule has 92 valence electrons. The fourth-order valence-electron chi connectivity index (χ4n) is 1.27. The number of anilines is 1. The average molecular weight is 256 g/mol. The van der Waals surface area contributed by atoms with Crippen LogP contribution in [0.3, 0.4) is 0 Å². The molecule has 17 heavy (non-hydrogen) atoms. The highest BCUT2D eigenvalue weighted by atomic mass is 35.5. The number of aryl methyl sites for hydroxylation is 1. The average Bonchev–Trinajstić information content (AvgIpc) is 2.23. The van der Waals surface area contributed by atoms with Gasteiger partial charge in [-0.05, 0) is 31.5 Å². The molecule has 0 aliphatic carbocycles. The van der Waals surface area contributed by atoms with E-state index in [-0.39, 0.29) is 13.0 Å². The zero-order chi connectivity index (χ0) is 12.8. The third kappa shape index (κ3) is 4.44. The molecule has 0 spiro atoms. The smallest absolute Gasteiger partial charge is 0.315 e. The minimum atomic E-state index is -0.547. The van der Waals surface area contributed by atoms with Crippen molar-refractivity contribution in [1.82, 2.24) is 0 Å². The third-order valence-corrected chi connectivity index (χ3v) is 2.34. The van der Waals surface area contributed by atoms with Crippen LogP contribution in [0.2, 0.25) is 5.02 Å². The summed E-state index contributed by atoms with van der Waals surface area (Å²) in [6.07, 6.45) is -0.307. The lowest BCUT2D eigenvalue weighted by Crippen LogP contribution is -2.18. The zero-order valence-electron chi connectivity index (χ0n) is 9.75. The van der Waals surface area contributed by atoms with Crippen molar-refractivity contribution in [3.8, 4) is 0 Å². The molecule has 0 unspecified atom stereocenters. The molecular weight excluding hydrogens is 242 g/mol. The van der Waals surface area contributed by atoms with E-state index in [0.29, 0.717) is 10.7 Å². The van der Waals surface area contributed by atoms with Gasteiger partial charge in [0.15, 0.2) is 0 Å². The Bertz CT molecular complexity index is 432. The van der Waals surface area contributed by atoms with Gasteiger partial charge < -0.3 is 10.1 Å². The van der Waals surface area contributed by atoms with Crippen LogP contribution in [0.15, 0.2) is 18.2 Å². The Morgan fingerprint density at radius 2 is 2.12 bits per heavy atom.